The first-order chi connectivity index (χ1) is 9.32. The minimum absolute atomic E-state index is 0.126. The van der Waals surface area contributed by atoms with E-state index in [-0.39, 0.29) is 16.7 Å². The molecule has 0 aliphatic heterocycles. The number of para-hydroxylation sites is 1. The minimum Gasteiger partial charge on any atom is -0.481 e. The highest BCUT2D eigenvalue weighted by molar-refractivity contribution is 7.90. The van der Waals surface area contributed by atoms with Gasteiger partial charge in [-0.15, -0.1) is 0 Å². The van der Waals surface area contributed by atoms with Crippen LogP contribution >= 0.6 is 0 Å². The minimum atomic E-state index is -3.29. The quantitative estimate of drug-likeness (QED) is 0.840. The van der Waals surface area contributed by atoms with Gasteiger partial charge in [-0.25, -0.2) is 8.42 Å². The van der Waals surface area contributed by atoms with E-state index in [0.717, 1.165) is 19.3 Å². The van der Waals surface area contributed by atoms with Crippen LogP contribution in [0.25, 0.3) is 0 Å². The maximum atomic E-state index is 11.7. The van der Waals surface area contributed by atoms with Gasteiger partial charge in [-0.1, -0.05) is 18.6 Å². The lowest BCUT2D eigenvalue weighted by Crippen LogP contribution is -2.38. The van der Waals surface area contributed by atoms with Crippen LogP contribution in [-0.4, -0.2) is 32.3 Å². The molecule has 0 spiro atoms. The van der Waals surface area contributed by atoms with Crippen molar-refractivity contribution in [2.75, 3.05) is 18.1 Å². The third-order valence-electron chi connectivity index (χ3n) is 3.88. The van der Waals surface area contributed by atoms with E-state index >= 15 is 0 Å². The maximum absolute atomic E-state index is 11.7. The molecular weight excluding hydrogens is 278 g/mol. The SMILES string of the molecule is CS(=O)(=O)c1ccccc1NCC1(CC(=O)O)CCC1. The highest BCUT2D eigenvalue weighted by atomic mass is 32.2. The summed E-state index contributed by atoms with van der Waals surface area (Å²) in [6, 6.07) is 6.71. The molecule has 0 heterocycles. The lowest BCUT2D eigenvalue weighted by atomic mass is 9.66. The highest BCUT2D eigenvalue weighted by Gasteiger charge is 2.38. The molecule has 20 heavy (non-hydrogen) atoms. The smallest absolute Gasteiger partial charge is 0.303 e. The fourth-order valence-electron chi connectivity index (χ4n) is 2.63. The number of hydrogen-bond acceptors (Lipinski definition) is 4. The summed E-state index contributed by atoms with van der Waals surface area (Å²) in [6.45, 7) is 0.492. The number of rotatable bonds is 6. The van der Waals surface area contributed by atoms with Crippen molar-refractivity contribution in [2.45, 2.75) is 30.6 Å². The van der Waals surface area contributed by atoms with Gasteiger partial charge in [0.1, 0.15) is 0 Å². The Hall–Kier alpha value is -1.56. The molecule has 0 radical (unpaired) electrons. The number of anilines is 1. The number of hydrogen-bond donors (Lipinski definition) is 2. The molecule has 1 aliphatic rings. The van der Waals surface area contributed by atoms with Gasteiger partial charge >= 0.3 is 5.97 Å². The molecule has 0 bridgehead atoms. The second-order valence-electron chi connectivity index (χ2n) is 5.55. The van der Waals surface area contributed by atoms with Gasteiger partial charge in [-0.05, 0) is 30.4 Å². The van der Waals surface area contributed by atoms with Gasteiger partial charge in [-0.2, -0.15) is 0 Å². The Morgan fingerprint density at radius 1 is 1.35 bits per heavy atom. The summed E-state index contributed by atoms with van der Waals surface area (Å²) in [6.07, 6.45) is 4.06. The van der Waals surface area contributed by atoms with E-state index in [9.17, 15) is 13.2 Å². The summed E-state index contributed by atoms with van der Waals surface area (Å²) < 4.78 is 23.4. The fraction of sp³-hybridized carbons (Fsp3) is 0.500. The fourth-order valence-corrected chi connectivity index (χ4v) is 3.50. The Morgan fingerprint density at radius 3 is 2.50 bits per heavy atom. The van der Waals surface area contributed by atoms with Gasteiger partial charge in [0.2, 0.25) is 0 Å². The van der Waals surface area contributed by atoms with Gasteiger partial charge in [0.15, 0.2) is 9.84 Å². The molecule has 6 heteroatoms. The molecule has 110 valence electrons. The first-order valence-corrected chi connectivity index (χ1v) is 8.46. The summed E-state index contributed by atoms with van der Waals surface area (Å²) in [5.74, 6) is -0.803. The van der Waals surface area contributed by atoms with Crippen LogP contribution < -0.4 is 5.32 Å². The van der Waals surface area contributed by atoms with Crippen LogP contribution in [0.3, 0.4) is 0 Å². The Balaban J connectivity index is 2.13. The zero-order chi connectivity index (χ0) is 14.8. The third kappa shape index (κ3) is 3.30. The summed E-state index contributed by atoms with van der Waals surface area (Å²) in [5.41, 5.74) is 0.308. The molecule has 1 aliphatic carbocycles. The van der Waals surface area contributed by atoms with Crippen LogP contribution in [-0.2, 0) is 14.6 Å². The van der Waals surface area contributed by atoms with Crippen molar-refractivity contribution in [3.8, 4) is 0 Å². The molecule has 1 saturated carbocycles. The monoisotopic (exact) mass is 297 g/mol. The largest absolute Gasteiger partial charge is 0.481 e. The Morgan fingerprint density at radius 2 is 2.00 bits per heavy atom. The van der Waals surface area contributed by atoms with E-state index in [4.69, 9.17) is 5.11 Å². The average Bonchev–Trinajstić information content (AvgIpc) is 2.31. The first kappa shape index (κ1) is 14.8. The summed E-state index contributed by atoms with van der Waals surface area (Å²) >= 11 is 0. The van der Waals surface area contributed by atoms with Crippen molar-refractivity contribution in [3.05, 3.63) is 24.3 Å². The van der Waals surface area contributed by atoms with Crippen molar-refractivity contribution >= 4 is 21.5 Å². The Kier molecular flexibility index (Phi) is 4.04. The van der Waals surface area contributed by atoms with Crippen molar-refractivity contribution in [1.82, 2.24) is 0 Å². The highest BCUT2D eigenvalue weighted by Crippen LogP contribution is 2.44. The molecular formula is C14H19NO4S. The van der Waals surface area contributed by atoms with E-state index in [2.05, 4.69) is 5.32 Å². The normalized spacial score (nSPS) is 17.2. The van der Waals surface area contributed by atoms with E-state index in [1.807, 2.05) is 0 Å². The second-order valence-corrected chi connectivity index (χ2v) is 7.53. The number of nitrogens with one attached hydrogen (secondary N) is 1. The molecule has 0 unspecified atom stereocenters. The number of carboxylic acid groups (broad SMARTS) is 1. The maximum Gasteiger partial charge on any atom is 0.303 e. The molecule has 2 rings (SSSR count). The lowest BCUT2D eigenvalue weighted by Gasteiger charge is -2.41. The number of carbonyl (C=O) groups is 1. The van der Waals surface area contributed by atoms with Crippen LogP contribution in [0.5, 0.6) is 0 Å². The number of carboxylic acids is 1. The molecule has 5 nitrogen and oxygen atoms in total. The van der Waals surface area contributed by atoms with Crippen LogP contribution in [0.4, 0.5) is 5.69 Å². The topological polar surface area (TPSA) is 83.5 Å². The van der Waals surface area contributed by atoms with Crippen LogP contribution in [0.2, 0.25) is 0 Å². The molecule has 1 aromatic carbocycles. The van der Waals surface area contributed by atoms with Gasteiger partial charge in [0.05, 0.1) is 17.0 Å². The molecule has 0 atom stereocenters. The van der Waals surface area contributed by atoms with Crippen molar-refractivity contribution in [3.63, 3.8) is 0 Å². The predicted octanol–water partition coefficient (Wildman–Crippen LogP) is 2.15. The predicted molar refractivity (Wildman–Crippen MR) is 76.6 cm³/mol. The van der Waals surface area contributed by atoms with Gasteiger partial charge in [0.25, 0.3) is 0 Å². The van der Waals surface area contributed by atoms with Crippen LogP contribution in [0, 0.1) is 5.41 Å². The van der Waals surface area contributed by atoms with Crippen LogP contribution in [0.15, 0.2) is 29.2 Å². The lowest BCUT2D eigenvalue weighted by molar-refractivity contribution is -0.141. The first-order valence-electron chi connectivity index (χ1n) is 6.57. The van der Waals surface area contributed by atoms with Crippen molar-refractivity contribution in [2.24, 2.45) is 5.41 Å². The Bertz CT molecular complexity index is 605. The molecule has 2 N–H and O–H groups in total. The van der Waals surface area contributed by atoms with Crippen molar-refractivity contribution in [1.29, 1.82) is 0 Å². The second kappa shape index (κ2) is 5.44. The van der Waals surface area contributed by atoms with Gasteiger partial charge in [-0.3, -0.25) is 4.79 Å². The summed E-state index contributed by atoms with van der Waals surface area (Å²) in [5, 5.41) is 12.1. The standard InChI is InChI=1S/C14H19NO4S/c1-20(18,19)12-6-3-2-5-11(12)15-10-14(7-4-8-14)9-13(16)17/h2-3,5-6,15H,4,7-10H2,1H3,(H,16,17). The number of benzene rings is 1. The van der Waals surface area contributed by atoms with Gasteiger partial charge in [0, 0.05) is 12.8 Å². The van der Waals surface area contributed by atoms with E-state index in [1.165, 1.54) is 6.26 Å². The zero-order valence-corrected chi connectivity index (χ0v) is 12.2. The van der Waals surface area contributed by atoms with E-state index in [0.29, 0.717) is 12.2 Å². The van der Waals surface area contributed by atoms with E-state index < -0.39 is 15.8 Å². The van der Waals surface area contributed by atoms with E-state index in [1.54, 1.807) is 24.3 Å². The molecule has 0 aromatic heterocycles. The average molecular weight is 297 g/mol. The number of sulfone groups is 1. The summed E-state index contributed by atoms with van der Waals surface area (Å²) in [4.78, 5) is 11.2. The van der Waals surface area contributed by atoms with Gasteiger partial charge < -0.3 is 10.4 Å². The number of aliphatic carboxylic acids is 1. The molecule has 1 aromatic rings. The van der Waals surface area contributed by atoms with Crippen LogP contribution in [0.1, 0.15) is 25.7 Å². The molecule has 1 fully saturated rings. The van der Waals surface area contributed by atoms with Crippen molar-refractivity contribution < 1.29 is 18.3 Å². The third-order valence-corrected chi connectivity index (χ3v) is 5.04. The zero-order valence-electron chi connectivity index (χ0n) is 11.4. The summed E-state index contributed by atoms with van der Waals surface area (Å²) in [7, 11) is -3.29. The molecule has 0 saturated heterocycles. The molecule has 0 amide bonds. The Labute approximate surface area is 118 Å².